The van der Waals surface area contributed by atoms with Crippen LogP contribution in [0.2, 0.25) is 0 Å². The third-order valence-electron chi connectivity index (χ3n) is 8.77. The van der Waals surface area contributed by atoms with Crippen LogP contribution in [0.15, 0.2) is 23.8 Å². The lowest BCUT2D eigenvalue weighted by atomic mass is 9.53. The Morgan fingerprint density at radius 3 is 2.86 bits per heavy atom. The minimum Gasteiger partial charge on any atom is -0.493 e. The van der Waals surface area contributed by atoms with Crippen molar-refractivity contribution >= 4 is 11.6 Å². The third-order valence-corrected chi connectivity index (χ3v) is 8.77. The molecule has 6 nitrogen and oxygen atoms in total. The molecule has 1 aromatic carbocycles. The largest absolute Gasteiger partial charge is 0.493 e. The van der Waals surface area contributed by atoms with E-state index >= 15 is 0 Å². The van der Waals surface area contributed by atoms with Crippen molar-refractivity contribution in [2.75, 3.05) is 38.8 Å². The van der Waals surface area contributed by atoms with Crippen LogP contribution >= 0.6 is 0 Å². The highest BCUT2D eigenvalue weighted by atomic mass is 16.5. The van der Waals surface area contributed by atoms with Crippen molar-refractivity contribution in [2.24, 2.45) is 11.8 Å². The fraction of sp³-hybridized carbons (Fsp3) is 0.609. The normalized spacial score (nSPS) is 41.0. The highest BCUT2D eigenvalue weighted by molar-refractivity contribution is 5.99. The number of nitrogens with zero attached hydrogens (tertiary/aromatic N) is 2. The first-order valence-corrected chi connectivity index (χ1v) is 10.8. The van der Waals surface area contributed by atoms with E-state index < -0.39 is 0 Å². The Balaban J connectivity index is 1.50. The lowest BCUT2D eigenvalue weighted by Crippen LogP contribution is -2.68. The molecule has 1 aliphatic carbocycles. The van der Waals surface area contributed by atoms with Gasteiger partial charge >= 0.3 is 0 Å². The SMILES string of the molecule is COc1cc2c(cc1OC)[C@@]13CCN4CC5=CCO[C@@H]6CC(=O)N2[C@@H]1[C@H]6[C@@H]5[C@@H]4C3. The quantitative estimate of drug-likeness (QED) is 0.719. The lowest BCUT2D eigenvalue weighted by Gasteiger charge is -2.58. The minimum atomic E-state index is -0.00526. The maximum atomic E-state index is 13.4. The molecule has 6 aliphatic rings. The van der Waals surface area contributed by atoms with E-state index in [1.807, 2.05) is 6.07 Å². The van der Waals surface area contributed by atoms with E-state index in [0.717, 1.165) is 37.4 Å². The van der Waals surface area contributed by atoms with Gasteiger partial charge in [0.05, 0.1) is 45.1 Å². The summed E-state index contributed by atoms with van der Waals surface area (Å²) in [5.41, 5.74) is 3.88. The number of hydrogen-bond donors (Lipinski definition) is 0. The summed E-state index contributed by atoms with van der Waals surface area (Å²) >= 11 is 0. The Morgan fingerprint density at radius 1 is 1.21 bits per heavy atom. The van der Waals surface area contributed by atoms with E-state index in [1.54, 1.807) is 19.8 Å². The predicted molar refractivity (Wildman–Crippen MR) is 107 cm³/mol. The number of ether oxygens (including phenoxy) is 3. The summed E-state index contributed by atoms with van der Waals surface area (Å²) < 4.78 is 17.6. The number of carbonyl (C=O) groups excluding carboxylic acids is 1. The van der Waals surface area contributed by atoms with Crippen molar-refractivity contribution in [3.63, 3.8) is 0 Å². The number of rotatable bonds is 2. The van der Waals surface area contributed by atoms with Gasteiger partial charge in [-0.05, 0) is 31.0 Å². The van der Waals surface area contributed by atoms with E-state index in [2.05, 4.69) is 21.9 Å². The zero-order valence-corrected chi connectivity index (χ0v) is 16.9. The van der Waals surface area contributed by atoms with E-state index in [0.29, 0.717) is 36.7 Å². The van der Waals surface area contributed by atoms with Gasteiger partial charge in [-0.2, -0.15) is 0 Å². The zero-order chi connectivity index (χ0) is 19.5. The number of piperidine rings is 2. The van der Waals surface area contributed by atoms with E-state index in [-0.39, 0.29) is 23.5 Å². The lowest BCUT2D eigenvalue weighted by molar-refractivity contribution is -0.134. The highest BCUT2D eigenvalue weighted by Gasteiger charge is 2.69. The van der Waals surface area contributed by atoms with E-state index in [4.69, 9.17) is 14.2 Å². The first-order chi connectivity index (χ1) is 14.2. The fourth-order valence-electron chi connectivity index (χ4n) is 7.81. The van der Waals surface area contributed by atoms with Crippen LogP contribution in [-0.4, -0.2) is 62.9 Å². The molecule has 0 aromatic heterocycles. The number of carbonyl (C=O) groups is 1. The molecule has 5 aliphatic heterocycles. The molecule has 1 spiro atoms. The van der Waals surface area contributed by atoms with Gasteiger partial charge in [0.15, 0.2) is 11.5 Å². The molecule has 0 N–H and O–H groups in total. The molecule has 3 saturated heterocycles. The average Bonchev–Trinajstić information content (AvgIpc) is 3.17. The number of anilines is 1. The Bertz CT molecular complexity index is 974. The van der Waals surface area contributed by atoms with Gasteiger partial charge in [-0.1, -0.05) is 11.6 Å². The van der Waals surface area contributed by atoms with E-state index in [1.165, 1.54) is 5.56 Å². The molecular formula is C23H26N2O4. The molecule has 0 radical (unpaired) electrons. The van der Waals surface area contributed by atoms with Crippen molar-refractivity contribution in [1.82, 2.24) is 4.90 Å². The topological polar surface area (TPSA) is 51.2 Å². The maximum absolute atomic E-state index is 13.4. The first kappa shape index (κ1) is 16.7. The van der Waals surface area contributed by atoms with Crippen molar-refractivity contribution in [3.05, 3.63) is 29.3 Å². The summed E-state index contributed by atoms with van der Waals surface area (Å²) in [4.78, 5) is 18.3. The highest BCUT2D eigenvalue weighted by Crippen LogP contribution is 2.65. The molecule has 6 heteroatoms. The molecule has 152 valence electrons. The van der Waals surface area contributed by atoms with Crippen molar-refractivity contribution in [3.8, 4) is 11.5 Å². The number of amides is 1. The Labute approximate surface area is 170 Å². The molecule has 1 aromatic rings. The van der Waals surface area contributed by atoms with Gasteiger partial charge < -0.3 is 19.1 Å². The summed E-state index contributed by atoms with van der Waals surface area (Å²) in [5.74, 6) is 2.55. The molecule has 6 atom stereocenters. The Hall–Kier alpha value is -2.05. The molecule has 7 rings (SSSR count). The average molecular weight is 394 g/mol. The summed E-state index contributed by atoms with van der Waals surface area (Å²) in [6, 6.07) is 4.95. The van der Waals surface area contributed by atoms with Crippen molar-refractivity contribution < 1.29 is 19.0 Å². The van der Waals surface area contributed by atoms with Crippen LogP contribution in [0.3, 0.4) is 0 Å². The van der Waals surface area contributed by atoms with Gasteiger partial charge in [0.1, 0.15) is 0 Å². The van der Waals surface area contributed by atoms with Crippen LogP contribution in [0, 0.1) is 11.8 Å². The predicted octanol–water partition coefficient (Wildman–Crippen LogP) is 2.11. The van der Waals surface area contributed by atoms with Crippen LogP contribution in [-0.2, 0) is 14.9 Å². The zero-order valence-electron chi connectivity index (χ0n) is 16.9. The molecule has 1 saturated carbocycles. The van der Waals surface area contributed by atoms with Gasteiger partial charge in [-0.15, -0.1) is 0 Å². The van der Waals surface area contributed by atoms with Gasteiger partial charge in [0.2, 0.25) is 5.91 Å². The Kier molecular flexibility index (Phi) is 3.08. The molecule has 4 fully saturated rings. The second-order valence-electron chi connectivity index (χ2n) is 9.54. The summed E-state index contributed by atoms with van der Waals surface area (Å²) in [7, 11) is 3.36. The van der Waals surface area contributed by atoms with Gasteiger partial charge in [0, 0.05) is 35.9 Å². The molecule has 5 heterocycles. The maximum Gasteiger partial charge on any atom is 0.229 e. The number of fused-ring (bicyclic) bond motifs is 2. The number of benzene rings is 1. The summed E-state index contributed by atoms with van der Waals surface area (Å²) in [6.45, 7) is 2.83. The monoisotopic (exact) mass is 394 g/mol. The second-order valence-corrected chi connectivity index (χ2v) is 9.54. The Morgan fingerprint density at radius 2 is 2.03 bits per heavy atom. The van der Waals surface area contributed by atoms with Crippen LogP contribution in [0.25, 0.3) is 0 Å². The molecule has 0 unspecified atom stereocenters. The van der Waals surface area contributed by atoms with Crippen LogP contribution in [0.1, 0.15) is 24.8 Å². The number of hydrogen-bond acceptors (Lipinski definition) is 5. The minimum absolute atomic E-state index is 0.00526. The molecule has 1 amide bonds. The van der Waals surface area contributed by atoms with Gasteiger partial charge in [0.25, 0.3) is 0 Å². The summed E-state index contributed by atoms with van der Waals surface area (Å²) in [6.07, 6.45) is 5.03. The van der Waals surface area contributed by atoms with Gasteiger partial charge in [-0.25, -0.2) is 0 Å². The van der Waals surface area contributed by atoms with Crippen molar-refractivity contribution in [1.29, 1.82) is 0 Å². The molecular weight excluding hydrogens is 368 g/mol. The second kappa shape index (κ2) is 5.35. The van der Waals surface area contributed by atoms with Crippen LogP contribution < -0.4 is 14.4 Å². The summed E-state index contributed by atoms with van der Waals surface area (Å²) in [5, 5.41) is 0. The van der Waals surface area contributed by atoms with E-state index in [9.17, 15) is 4.79 Å². The first-order valence-electron chi connectivity index (χ1n) is 10.8. The smallest absolute Gasteiger partial charge is 0.229 e. The van der Waals surface area contributed by atoms with Crippen LogP contribution in [0.5, 0.6) is 11.5 Å². The third kappa shape index (κ3) is 1.80. The fourth-order valence-corrected chi connectivity index (χ4v) is 7.81. The van der Waals surface area contributed by atoms with Crippen LogP contribution in [0.4, 0.5) is 5.69 Å². The number of methoxy groups -OCH3 is 2. The molecule has 29 heavy (non-hydrogen) atoms. The van der Waals surface area contributed by atoms with Gasteiger partial charge in [-0.3, -0.25) is 9.69 Å². The standard InChI is InChI=1S/C23H26N2O4/c1-27-16-7-13-14(8-17(16)28-2)25-19(26)9-18-21-20-12(3-6-29-18)11-24-5-4-23(13,22(21)25)10-15(20)24/h3,7-8,15,18,20-22H,4-6,9-11H2,1-2H3/t15-,18+,20-,21+,22+,23-/m0/s1. The van der Waals surface area contributed by atoms with Crippen molar-refractivity contribution in [2.45, 2.75) is 42.9 Å². The molecule has 2 bridgehead atoms.